The summed E-state index contributed by atoms with van der Waals surface area (Å²) in [5.74, 6) is 0.383. The minimum atomic E-state index is -0.335. The van der Waals surface area contributed by atoms with Crippen LogP contribution in [0.3, 0.4) is 0 Å². The Bertz CT molecular complexity index is 608. The van der Waals surface area contributed by atoms with Gasteiger partial charge in [-0.3, -0.25) is 4.79 Å². The molecule has 0 aliphatic heterocycles. The molecule has 2 rings (SSSR count). The van der Waals surface area contributed by atoms with Gasteiger partial charge < -0.3 is 10.1 Å². The number of hydrogen-bond acceptors (Lipinski definition) is 2. The molecule has 0 spiro atoms. The quantitative estimate of drug-likeness (QED) is 0.861. The van der Waals surface area contributed by atoms with Gasteiger partial charge in [-0.1, -0.05) is 26.0 Å². The fourth-order valence-corrected chi connectivity index (χ4v) is 2.01. The van der Waals surface area contributed by atoms with E-state index in [4.69, 9.17) is 4.74 Å². The fraction of sp³-hybridized carbons (Fsp3) is 0.278. The van der Waals surface area contributed by atoms with Gasteiger partial charge in [-0.05, 0) is 54.3 Å². The Balaban J connectivity index is 1.85. The molecule has 1 atom stereocenters. The van der Waals surface area contributed by atoms with Gasteiger partial charge in [0, 0.05) is 5.69 Å². The van der Waals surface area contributed by atoms with Crippen molar-refractivity contribution in [3.63, 3.8) is 0 Å². The number of carbonyl (C=O) groups is 1. The van der Waals surface area contributed by atoms with Crippen LogP contribution < -0.4 is 10.1 Å². The molecule has 22 heavy (non-hydrogen) atoms. The summed E-state index contributed by atoms with van der Waals surface area (Å²) in [5.41, 5.74) is 1.99. The number of amides is 1. The molecule has 0 bridgehead atoms. The smallest absolute Gasteiger partial charge is 0.262 e. The van der Waals surface area contributed by atoms with Gasteiger partial charge in [0.1, 0.15) is 11.6 Å². The number of nitrogens with one attached hydrogen (secondary N) is 1. The van der Waals surface area contributed by atoms with E-state index < -0.39 is 0 Å². The second kappa shape index (κ2) is 7.59. The van der Waals surface area contributed by atoms with Crippen LogP contribution in [0.2, 0.25) is 0 Å². The molecule has 116 valence electrons. The molecule has 0 saturated heterocycles. The number of benzene rings is 2. The molecule has 3 nitrogen and oxygen atoms in total. The predicted molar refractivity (Wildman–Crippen MR) is 85.7 cm³/mol. The lowest BCUT2D eigenvalue weighted by atomic mass is 9.99. The molecule has 0 heterocycles. The third-order valence-electron chi connectivity index (χ3n) is 3.56. The highest BCUT2D eigenvalue weighted by atomic mass is 19.1. The van der Waals surface area contributed by atoms with Crippen LogP contribution in [0.5, 0.6) is 5.75 Å². The Labute approximate surface area is 130 Å². The van der Waals surface area contributed by atoms with Crippen molar-refractivity contribution in [2.24, 2.45) is 0 Å². The monoisotopic (exact) mass is 301 g/mol. The number of anilines is 1. The molecule has 2 aromatic rings. The Morgan fingerprint density at radius 1 is 1.14 bits per heavy atom. The third-order valence-corrected chi connectivity index (χ3v) is 3.56. The van der Waals surface area contributed by atoms with Crippen molar-refractivity contribution in [2.75, 3.05) is 11.9 Å². The minimum Gasteiger partial charge on any atom is -0.484 e. The van der Waals surface area contributed by atoms with Crippen molar-refractivity contribution in [2.45, 2.75) is 26.2 Å². The summed E-state index contributed by atoms with van der Waals surface area (Å²) < 4.78 is 18.0. The molecule has 0 aromatic heterocycles. The lowest BCUT2D eigenvalue weighted by molar-refractivity contribution is -0.118. The van der Waals surface area contributed by atoms with Crippen LogP contribution in [0.4, 0.5) is 10.1 Å². The van der Waals surface area contributed by atoms with Crippen LogP contribution in [0.25, 0.3) is 0 Å². The van der Waals surface area contributed by atoms with Crippen LogP contribution in [-0.2, 0) is 4.79 Å². The standard InChI is InChI=1S/C18H20FNO2/c1-3-13(2)14-4-8-16(9-5-14)20-18(21)12-22-17-10-6-15(19)7-11-17/h4-11,13H,3,12H2,1-2H3,(H,20,21)/t13-/m0/s1. The molecular weight excluding hydrogens is 281 g/mol. The molecule has 1 amide bonds. The average molecular weight is 301 g/mol. The Morgan fingerprint density at radius 3 is 2.36 bits per heavy atom. The van der Waals surface area contributed by atoms with Crippen molar-refractivity contribution in [1.29, 1.82) is 0 Å². The van der Waals surface area contributed by atoms with E-state index in [0.29, 0.717) is 11.7 Å². The van der Waals surface area contributed by atoms with Gasteiger partial charge in [0.25, 0.3) is 5.91 Å². The molecule has 4 heteroatoms. The molecule has 2 aromatic carbocycles. The van der Waals surface area contributed by atoms with Gasteiger partial charge in [-0.15, -0.1) is 0 Å². The van der Waals surface area contributed by atoms with Gasteiger partial charge >= 0.3 is 0 Å². The SMILES string of the molecule is CC[C@H](C)c1ccc(NC(=O)COc2ccc(F)cc2)cc1. The maximum atomic E-state index is 12.8. The highest BCUT2D eigenvalue weighted by Crippen LogP contribution is 2.20. The first-order valence-corrected chi connectivity index (χ1v) is 7.36. The zero-order valence-corrected chi connectivity index (χ0v) is 12.8. The maximum absolute atomic E-state index is 12.8. The number of ether oxygens (including phenoxy) is 1. The predicted octanol–water partition coefficient (Wildman–Crippen LogP) is 4.36. The summed E-state index contributed by atoms with van der Waals surface area (Å²) >= 11 is 0. The Morgan fingerprint density at radius 2 is 1.77 bits per heavy atom. The molecule has 0 fully saturated rings. The average Bonchev–Trinajstić information content (AvgIpc) is 2.54. The van der Waals surface area contributed by atoms with Gasteiger partial charge in [-0.2, -0.15) is 0 Å². The zero-order valence-electron chi connectivity index (χ0n) is 12.8. The van der Waals surface area contributed by atoms with Crippen LogP contribution in [0.1, 0.15) is 31.7 Å². The van der Waals surface area contributed by atoms with E-state index in [1.54, 1.807) is 0 Å². The minimum absolute atomic E-state index is 0.112. The van der Waals surface area contributed by atoms with Crippen LogP contribution in [0.15, 0.2) is 48.5 Å². The van der Waals surface area contributed by atoms with E-state index in [1.807, 2.05) is 24.3 Å². The Kier molecular flexibility index (Phi) is 5.53. The number of hydrogen-bond donors (Lipinski definition) is 1. The van der Waals surface area contributed by atoms with E-state index in [1.165, 1.54) is 29.8 Å². The summed E-state index contributed by atoms with van der Waals surface area (Å²) in [6, 6.07) is 13.4. The van der Waals surface area contributed by atoms with Crippen molar-refractivity contribution >= 4 is 11.6 Å². The highest BCUT2D eigenvalue weighted by Gasteiger charge is 2.06. The lowest BCUT2D eigenvalue weighted by Crippen LogP contribution is -2.20. The van der Waals surface area contributed by atoms with E-state index in [-0.39, 0.29) is 18.3 Å². The van der Waals surface area contributed by atoms with E-state index >= 15 is 0 Å². The van der Waals surface area contributed by atoms with Crippen molar-refractivity contribution in [3.05, 3.63) is 59.9 Å². The number of halogens is 1. The summed E-state index contributed by atoms with van der Waals surface area (Å²) in [6.45, 7) is 4.20. The first-order chi connectivity index (χ1) is 10.6. The van der Waals surface area contributed by atoms with Gasteiger partial charge in [0.15, 0.2) is 6.61 Å². The van der Waals surface area contributed by atoms with E-state index in [0.717, 1.165) is 12.1 Å². The van der Waals surface area contributed by atoms with E-state index in [2.05, 4.69) is 19.2 Å². The molecule has 0 saturated carbocycles. The summed E-state index contributed by atoms with van der Waals surface area (Å²) in [5, 5.41) is 2.77. The van der Waals surface area contributed by atoms with Gasteiger partial charge in [0.2, 0.25) is 0 Å². The second-order valence-corrected chi connectivity index (χ2v) is 5.22. The summed E-state index contributed by atoms with van der Waals surface area (Å²) in [7, 11) is 0. The summed E-state index contributed by atoms with van der Waals surface area (Å²) in [4.78, 5) is 11.8. The lowest BCUT2D eigenvalue weighted by Gasteiger charge is -2.11. The zero-order chi connectivity index (χ0) is 15.9. The third kappa shape index (κ3) is 4.58. The van der Waals surface area contributed by atoms with Crippen molar-refractivity contribution in [3.8, 4) is 5.75 Å². The molecular formula is C18H20FNO2. The number of carbonyl (C=O) groups excluding carboxylic acids is 1. The fourth-order valence-electron chi connectivity index (χ4n) is 2.01. The molecule has 0 aliphatic carbocycles. The van der Waals surface area contributed by atoms with Crippen molar-refractivity contribution < 1.29 is 13.9 Å². The number of rotatable bonds is 6. The highest BCUT2D eigenvalue weighted by molar-refractivity contribution is 5.91. The largest absolute Gasteiger partial charge is 0.484 e. The van der Waals surface area contributed by atoms with E-state index in [9.17, 15) is 9.18 Å². The molecule has 1 N–H and O–H groups in total. The van der Waals surface area contributed by atoms with Crippen LogP contribution in [-0.4, -0.2) is 12.5 Å². The van der Waals surface area contributed by atoms with Crippen molar-refractivity contribution in [1.82, 2.24) is 0 Å². The molecule has 0 radical (unpaired) electrons. The maximum Gasteiger partial charge on any atom is 0.262 e. The Hall–Kier alpha value is -2.36. The molecule has 0 aliphatic rings. The molecule has 0 unspecified atom stereocenters. The normalized spacial score (nSPS) is 11.8. The first-order valence-electron chi connectivity index (χ1n) is 7.36. The summed E-state index contributed by atoms with van der Waals surface area (Å²) in [6.07, 6.45) is 1.08. The van der Waals surface area contributed by atoms with Crippen LogP contribution in [0, 0.1) is 5.82 Å². The topological polar surface area (TPSA) is 38.3 Å². The van der Waals surface area contributed by atoms with Gasteiger partial charge in [0.05, 0.1) is 0 Å². The van der Waals surface area contributed by atoms with Gasteiger partial charge in [-0.25, -0.2) is 4.39 Å². The van der Waals surface area contributed by atoms with Crippen LogP contribution >= 0.6 is 0 Å². The first kappa shape index (κ1) is 16.0. The second-order valence-electron chi connectivity index (χ2n) is 5.22.